The quantitative estimate of drug-likeness (QED) is 0.109. The van der Waals surface area contributed by atoms with Gasteiger partial charge in [0.15, 0.2) is 31.0 Å². The third-order valence-corrected chi connectivity index (χ3v) is 19.0. The lowest BCUT2D eigenvalue weighted by Gasteiger charge is -2.24. The maximum absolute atomic E-state index is 8.96. The summed E-state index contributed by atoms with van der Waals surface area (Å²) in [7, 11) is 10.2. The first-order valence-corrected chi connectivity index (χ1v) is 38.6. The highest BCUT2D eigenvalue weighted by atomic mass is 14.9. The first-order chi connectivity index (χ1) is 53.6. The Morgan fingerprint density at radius 2 is 0.579 bits per heavy atom. The van der Waals surface area contributed by atoms with Crippen LogP contribution in [0, 0.1) is 103 Å². The van der Waals surface area contributed by atoms with Gasteiger partial charge in [0, 0.05) is 101 Å². The van der Waals surface area contributed by atoms with Crippen molar-refractivity contribution in [3.8, 4) is 56.3 Å². The highest BCUT2D eigenvalue weighted by Gasteiger charge is 2.28. The van der Waals surface area contributed by atoms with Crippen LogP contribution < -0.4 is 22.8 Å². The Hall–Kier alpha value is -8.15. The molecule has 5 aromatic heterocycles. The van der Waals surface area contributed by atoms with Crippen LogP contribution in [0.5, 0.6) is 0 Å². The Morgan fingerprint density at radius 1 is 0.290 bits per heavy atom. The second-order valence-electron chi connectivity index (χ2n) is 36.9. The molecule has 107 heavy (non-hydrogen) atoms. The van der Waals surface area contributed by atoms with E-state index in [0.717, 1.165) is 52.8 Å². The van der Waals surface area contributed by atoms with Gasteiger partial charge in [0.25, 0.3) is 0 Å². The summed E-state index contributed by atoms with van der Waals surface area (Å²) in [5.41, 5.74) is 29.8. The fourth-order valence-electron chi connectivity index (χ4n) is 13.9. The van der Waals surface area contributed by atoms with Crippen LogP contribution in [0.2, 0.25) is 0 Å². The zero-order valence-electron chi connectivity index (χ0n) is 83.5. The smallest absolute Gasteiger partial charge is 0.201 e. The minimum atomic E-state index is -2.20. The van der Waals surface area contributed by atoms with Crippen molar-refractivity contribution in [1.29, 1.82) is 0 Å². The first-order valence-electron chi connectivity index (χ1n) is 44.1. The van der Waals surface area contributed by atoms with Gasteiger partial charge in [-0.15, -0.1) is 0 Å². The van der Waals surface area contributed by atoms with Gasteiger partial charge in [-0.2, -0.15) is 0 Å². The van der Waals surface area contributed by atoms with Gasteiger partial charge < -0.3 is 0 Å². The molecule has 0 bridgehead atoms. The van der Waals surface area contributed by atoms with Crippen LogP contribution in [0.15, 0.2) is 164 Å². The van der Waals surface area contributed by atoms with Crippen molar-refractivity contribution >= 4 is 0 Å². The molecule has 0 unspecified atom stereocenters. The molecule has 5 heteroatoms. The van der Waals surface area contributed by atoms with E-state index in [4.69, 9.17) is 15.1 Å². The lowest BCUT2D eigenvalue weighted by Crippen LogP contribution is -2.33. The minimum Gasteiger partial charge on any atom is -0.201 e. The molecule has 0 N–H and O–H groups in total. The zero-order valence-corrected chi connectivity index (χ0v) is 72.5. The van der Waals surface area contributed by atoms with E-state index in [-0.39, 0.29) is 11.0 Å². The second-order valence-corrected chi connectivity index (χ2v) is 36.9. The Kier molecular flexibility index (Phi) is 24.4. The van der Waals surface area contributed by atoms with Crippen molar-refractivity contribution < 1.29 is 37.9 Å². The average Bonchev–Trinajstić information content (AvgIpc) is 0.731. The Morgan fingerprint density at radius 3 is 0.925 bits per heavy atom. The van der Waals surface area contributed by atoms with Crippen molar-refractivity contribution in [3.63, 3.8) is 0 Å². The van der Waals surface area contributed by atoms with Crippen molar-refractivity contribution in [1.82, 2.24) is 0 Å². The van der Waals surface area contributed by atoms with Crippen molar-refractivity contribution in [2.75, 3.05) is 0 Å². The lowest BCUT2D eigenvalue weighted by molar-refractivity contribution is -0.661. The number of rotatable bonds is 12. The first kappa shape index (κ1) is 71.8. The summed E-state index contributed by atoms with van der Waals surface area (Å²) in [5.74, 6) is -0.0689. The number of hydrogen-bond acceptors (Lipinski definition) is 0. The van der Waals surface area contributed by atoms with Crippen molar-refractivity contribution in [2.24, 2.45) is 62.3 Å². The van der Waals surface area contributed by atoms with E-state index < -0.39 is 43.2 Å². The van der Waals surface area contributed by atoms with Crippen LogP contribution >= 0.6 is 0 Å². The van der Waals surface area contributed by atoms with Gasteiger partial charge in [-0.1, -0.05) is 220 Å². The summed E-state index contributed by atoms with van der Waals surface area (Å²) in [6.45, 7) is 54.7. The molecule has 0 aliphatic heterocycles. The molecule has 0 radical (unpaired) electrons. The molecule has 572 valence electrons. The summed E-state index contributed by atoms with van der Waals surface area (Å²) >= 11 is 0. The lowest BCUT2D eigenvalue weighted by atomic mass is 9.81. The van der Waals surface area contributed by atoms with E-state index in [0.29, 0.717) is 39.1 Å². The highest BCUT2D eigenvalue weighted by molar-refractivity contribution is 5.66. The van der Waals surface area contributed by atoms with Gasteiger partial charge in [-0.3, -0.25) is 0 Å². The molecule has 5 nitrogen and oxygen atoms in total. The summed E-state index contributed by atoms with van der Waals surface area (Å²) in [4.78, 5) is 0. The number of pyridine rings is 5. The fraction of sp³-hybridized carbons (Fsp3) is 0.461. The van der Waals surface area contributed by atoms with Gasteiger partial charge in [0.1, 0.15) is 35.2 Å². The fourth-order valence-corrected chi connectivity index (χ4v) is 13.9. The Bertz CT molecular complexity index is 5130. The number of nitrogens with zero attached hydrogens (tertiary/aromatic N) is 5. The number of aryl methyl sites for hydroxylation is 16. The summed E-state index contributed by atoms with van der Waals surface area (Å²) in [6.07, 6.45) is 10.3. The average molecular weight is 1450 g/mol. The monoisotopic (exact) mass is 1450 g/mol. The van der Waals surface area contributed by atoms with Gasteiger partial charge >= 0.3 is 0 Å². The molecule has 0 spiro atoms. The molecule has 10 aromatic rings. The van der Waals surface area contributed by atoms with Crippen LogP contribution in [0.4, 0.5) is 0 Å². The number of benzene rings is 5. The normalized spacial score (nSPS) is 14.0. The standard InChI is InChI=1S/2C24H36N.C20H28N.2C17H22N/c2*1-17-10-11-21(18(2)12-17)22-13-19(14-23(3,4)5)20(16-25(22)9)15-24(6,7)8;1-14-8-9-18(16(3)10-14)19-11-15(2)17(13-21(19)7)12-20(4,5)6;2*1-12(2)15-7-9-17(18(5)11-15)16-8-6-13(3)10-14(16)4/h2*10-13,16H,14-15H2,1-9H3;8-11,13H,12H2,1-7H3;2*6-12H,1-5H3/q5*+1/i1D3,14D2,15D2;;;3D3,12D;. The maximum Gasteiger partial charge on any atom is 0.212 e. The highest BCUT2D eigenvalue weighted by Crippen LogP contribution is 2.35. The third-order valence-electron chi connectivity index (χ3n) is 19.0. The molecular weight excluding hydrogens is 1300 g/mol. The summed E-state index contributed by atoms with van der Waals surface area (Å²) < 4.78 is 99.9. The largest absolute Gasteiger partial charge is 0.212 e. The predicted molar refractivity (Wildman–Crippen MR) is 461 cm³/mol. The van der Waals surface area contributed by atoms with Gasteiger partial charge in [0.2, 0.25) is 28.5 Å². The number of aromatic nitrogens is 5. The van der Waals surface area contributed by atoms with E-state index in [1.54, 1.807) is 47.2 Å². The molecular formula is C102H144N5+5. The van der Waals surface area contributed by atoms with Gasteiger partial charge in [0.05, 0.1) is 0 Å². The van der Waals surface area contributed by atoms with E-state index in [1.165, 1.54) is 95.0 Å². The Labute approximate surface area is 669 Å². The molecule has 5 heterocycles. The third kappa shape index (κ3) is 26.6. The van der Waals surface area contributed by atoms with E-state index >= 15 is 0 Å². The summed E-state index contributed by atoms with van der Waals surface area (Å²) in [6, 6.07) is 45.2. The molecule has 0 saturated heterocycles. The topological polar surface area (TPSA) is 19.4 Å². The Balaban J connectivity index is 0.000000232. The minimum absolute atomic E-state index is 0.257. The second kappa shape index (κ2) is 36.4. The molecule has 0 aliphatic carbocycles. The van der Waals surface area contributed by atoms with Gasteiger partial charge in [-0.05, 0) is 234 Å². The van der Waals surface area contributed by atoms with E-state index in [1.807, 2.05) is 112 Å². The number of hydrogen-bond donors (Lipinski definition) is 0. The van der Waals surface area contributed by atoms with Crippen LogP contribution in [-0.2, 0) is 67.2 Å². The van der Waals surface area contributed by atoms with E-state index in [2.05, 4.69) is 257 Å². The van der Waals surface area contributed by atoms with Crippen LogP contribution in [0.25, 0.3) is 56.3 Å². The molecule has 0 amide bonds. The van der Waals surface area contributed by atoms with Crippen molar-refractivity contribution in [3.05, 3.63) is 265 Å². The van der Waals surface area contributed by atoms with Crippen LogP contribution in [0.3, 0.4) is 0 Å². The SMILES string of the molecule is Cc1ccc(-c2cc(C)c(CC(C)(C)C)c[n+]2C)c(C)c1.Cc1ccc(-c2cc(CC(C)(C)C)c(CC(C)(C)C)c[n+]2C)c(C)c1.Cc1ccc(-c2ccc(C(C)C)c[n+]2C)c(C)c1.[2H]C([2H])([2H])c1ccc(-c2cc(C([2H])([2H])C(C)(C)C)c(C([2H])([2H])C(C)(C)C)c[n+]2C)c(C)c1.[2H]C([2H])([2H])c1ccc(-c2ccc(C([2H])(C)C)c[n+]2C)c(C)c1. The molecule has 0 atom stereocenters. The van der Waals surface area contributed by atoms with Crippen LogP contribution in [0.1, 0.15) is 259 Å². The summed E-state index contributed by atoms with van der Waals surface area (Å²) in [5, 5.41) is 0. The van der Waals surface area contributed by atoms with E-state index in [9.17, 15) is 0 Å². The predicted octanol–water partition coefficient (Wildman–Crippen LogP) is 24.5. The molecule has 10 rings (SSSR count). The molecule has 0 aliphatic rings. The zero-order chi connectivity index (χ0) is 89.8. The van der Waals surface area contributed by atoms with Crippen LogP contribution in [-0.4, -0.2) is 0 Å². The van der Waals surface area contributed by atoms with Gasteiger partial charge in [-0.25, -0.2) is 22.8 Å². The maximum atomic E-state index is 8.96. The van der Waals surface area contributed by atoms with Crippen molar-refractivity contribution in [2.45, 2.75) is 251 Å². The molecule has 5 aromatic carbocycles. The molecule has 0 saturated carbocycles. The molecule has 0 fully saturated rings.